The van der Waals surface area contributed by atoms with Gasteiger partial charge in [0.15, 0.2) is 0 Å². The van der Waals surface area contributed by atoms with Crippen LogP contribution in [-0.4, -0.2) is 71.8 Å². The predicted octanol–water partition coefficient (Wildman–Crippen LogP) is 2.75. The molecule has 0 aliphatic carbocycles. The molecule has 0 saturated carbocycles. The second-order valence-corrected chi connectivity index (χ2v) is 7.71. The topological polar surface area (TPSA) is 43.9 Å². The van der Waals surface area contributed by atoms with Gasteiger partial charge in [0.1, 0.15) is 0 Å². The molecule has 0 radical (unpaired) electrons. The first-order valence-electron chi connectivity index (χ1n) is 10.3. The molecule has 25 heavy (non-hydrogen) atoms. The van der Waals surface area contributed by atoms with Gasteiger partial charge in [0.2, 0.25) is 11.8 Å². The Balaban J connectivity index is 1.92. The van der Waals surface area contributed by atoms with Crippen molar-refractivity contribution < 1.29 is 9.59 Å². The summed E-state index contributed by atoms with van der Waals surface area (Å²) in [6.07, 6.45) is 7.73. The van der Waals surface area contributed by atoms with Crippen molar-refractivity contribution in [3.8, 4) is 0 Å². The summed E-state index contributed by atoms with van der Waals surface area (Å²) in [6, 6.07) is 0.189. The Morgan fingerprint density at radius 2 is 1.72 bits per heavy atom. The molecule has 2 aliphatic heterocycles. The van der Waals surface area contributed by atoms with E-state index in [1.54, 1.807) is 6.92 Å². The minimum atomic E-state index is 0.137. The summed E-state index contributed by atoms with van der Waals surface area (Å²) in [6.45, 7) is 11.5. The van der Waals surface area contributed by atoms with E-state index in [-0.39, 0.29) is 23.8 Å². The summed E-state index contributed by atoms with van der Waals surface area (Å²) < 4.78 is 0. The van der Waals surface area contributed by atoms with E-state index in [9.17, 15) is 9.59 Å². The summed E-state index contributed by atoms with van der Waals surface area (Å²) >= 11 is 0. The number of rotatable bonds is 7. The Morgan fingerprint density at radius 1 is 1.04 bits per heavy atom. The van der Waals surface area contributed by atoms with Crippen LogP contribution in [0.1, 0.15) is 65.7 Å². The molecular formula is C20H37N3O2. The molecule has 2 heterocycles. The maximum absolute atomic E-state index is 12.7. The first-order chi connectivity index (χ1) is 12.1. The molecule has 0 aromatic carbocycles. The van der Waals surface area contributed by atoms with Gasteiger partial charge < -0.3 is 14.7 Å². The van der Waals surface area contributed by atoms with Gasteiger partial charge in [-0.15, -0.1) is 0 Å². The second-order valence-electron chi connectivity index (χ2n) is 7.71. The molecule has 1 atom stereocenters. The number of amides is 2. The Hall–Kier alpha value is -1.10. The zero-order valence-corrected chi connectivity index (χ0v) is 16.5. The summed E-state index contributed by atoms with van der Waals surface area (Å²) in [5.74, 6) is 0.575. The molecule has 144 valence electrons. The lowest BCUT2D eigenvalue weighted by Crippen LogP contribution is -2.53. The van der Waals surface area contributed by atoms with Crippen molar-refractivity contribution in [2.75, 3.05) is 39.3 Å². The van der Waals surface area contributed by atoms with Crippen LogP contribution in [0.2, 0.25) is 0 Å². The molecular weight excluding hydrogens is 314 g/mol. The van der Waals surface area contributed by atoms with Crippen LogP contribution in [0, 0.1) is 5.92 Å². The monoisotopic (exact) mass is 351 g/mol. The number of hydrogen-bond acceptors (Lipinski definition) is 3. The third-order valence-electron chi connectivity index (χ3n) is 5.99. The second kappa shape index (κ2) is 10.1. The molecule has 1 unspecified atom stereocenters. The lowest BCUT2D eigenvalue weighted by molar-refractivity contribution is -0.141. The van der Waals surface area contributed by atoms with Gasteiger partial charge in [-0.1, -0.05) is 20.3 Å². The number of piperidine rings is 2. The highest BCUT2D eigenvalue weighted by atomic mass is 16.2. The van der Waals surface area contributed by atoms with Gasteiger partial charge in [-0.05, 0) is 51.6 Å². The van der Waals surface area contributed by atoms with Crippen LogP contribution in [0.4, 0.5) is 0 Å². The molecule has 2 fully saturated rings. The Labute approximate surface area is 153 Å². The minimum Gasteiger partial charge on any atom is -0.340 e. The van der Waals surface area contributed by atoms with E-state index in [0.717, 1.165) is 65.0 Å². The summed E-state index contributed by atoms with van der Waals surface area (Å²) in [5, 5.41) is 0. The number of likely N-dealkylation sites (tertiary alicyclic amines) is 2. The van der Waals surface area contributed by atoms with Gasteiger partial charge in [0.05, 0.1) is 0 Å². The predicted molar refractivity (Wildman–Crippen MR) is 101 cm³/mol. The van der Waals surface area contributed by atoms with Crippen molar-refractivity contribution in [3.63, 3.8) is 0 Å². The maximum Gasteiger partial charge on any atom is 0.225 e. The van der Waals surface area contributed by atoms with Crippen molar-refractivity contribution >= 4 is 11.8 Å². The Kier molecular flexibility index (Phi) is 8.20. The first-order valence-corrected chi connectivity index (χ1v) is 10.3. The first kappa shape index (κ1) is 20.2. The molecule has 0 aromatic rings. The van der Waals surface area contributed by atoms with Gasteiger partial charge in [-0.25, -0.2) is 0 Å². The average Bonchev–Trinajstić information content (AvgIpc) is 2.63. The lowest BCUT2D eigenvalue weighted by atomic mass is 9.98. The van der Waals surface area contributed by atoms with E-state index in [4.69, 9.17) is 0 Å². The number of hydrogen-bond donors (Lipinski definition) is 0. The van der Waals surface area contributed by atoms with Crippen molar-refractivity contribution in [3.05, 3.63) is 0 Å². The molecule has 2 saturated heterocycles. The van der Waals surface area contributed by atoms with Gasteiger partial charge >= 0.3 is 0 Å². The van der Waals surface area contributed by atoms with E-state index in [2.05, 4.69) is 18.7 Å². The number of nitrogens with zero attached hydrogens (tertiary/aromatic N) is 3. The van der Waals surface area contributed by atoms with Crippen LogP contribution < -0.4 is 0 Å². The average molecular weight is 352 g/mol. The van der Waals surface area contributed by atoms with Crippen molar-refractivity contribution in [2.24, 2.45) is 5.92 Å². The van der Waals surface area contributed by atoms with Crippen molar-refractivity contribution in [2.45, 2.75) is 71.8 Å². The van der Waals surface area contributed by atoms with Gasteiger partial charge in [-0.2, -0.15) is 0 Å². The molecule has 5 nitrogen and oxygen atoms in total. The molecule has 0 spiro atoms. The van der Waals surface area contributed by atoms with Crippen LogP contribution in [0.15, 0.2) is 0 Å². The highest BCUT2D eigenvalue weighted by Gasteiger charge is 2.31. The van der Waals surface area contributed by atoms with Crippen LogP contribution in [0.25, 0.3) is 0 Å². The van der Waals surface area contributed by atoms with Crippen molar-refractivity contribution in [1.82, 2.24) is 14.7 Å². The zero-order valence-electron chi connectivity index (χ0n) is 16.5. The SMILES string of the molecule is CCC(CC)C(=O)N1CCCC(N(CCN2CCCCC2)C(C)=O)C1. The van der Waals surface area contributed by atoms with Crippen molar-refractivity contribution in [1.29, 1.82) is 0 Å². The smallest absolute Gasteiger partial charge is 0.225 e. The largest absolute Gasteiger partial charge is 0.340 e. The molecule has 0 aromatic heterocycles. The molecule has 0 bridgehead atoms. The molecule has 2 aliphatic rings. The van der Waals surface area contributed by atoms with Crippen LogP contribution in [-0.2, 0) is 9.59 Å². The normalized spacial score (nSPS) is 22.2. The number of carbonyl (C=O) groups excluding carboxylic acids is 2. The summed E-state index contributed by atoms with van der Waals surface area (Å²) in [4.78, 5) is 31.5. The summed E-state index contributed by atoms with van der Waals surface area (Å²) in [5.41, 5.74) is 0. The molecule has 0 N–H and O–H groups in total. The quantitative estimate of drug-likeness (QED) is 0.708. The van der Waals surface area contributed by atoms with E-state index in [0.29, 0.717) is 0 Å². The van der Waals surface area contributed by atoms with E-state index < -0.39 is 0 Å². The van der Waals surface area contributed by atoms with E-state index in [1.807, 2.05) is 9.80 Å². The summed E-state index contributed by atoms with van der Waals surface area (Å²) in [7, 11) is 0. The third-order valence-corrected chi connectivity index (χ3v) is 5.99. The zero-order chi connectivity index (χ0) is 18.2. The highest BCUT2D eigenvalue weighted by Crippen LogP contribution is 2.21. The van der Waals surface area contributed by atoms with Crippen LogP contribution in [0.5, 0.6) is 0 Å². The maximum atomic E-state index is 12.7. The fraction of sp³-hybridized carbons (Fsp3) is 0.900. The molecule has 2 amide bonds. The fourth-order valence-corrected chi connectivity index (χ4v) is 4.33. The van der Waals surface area contributed by atoms with Gasteiger partial charge in [0.25, 0.3) is 0 Å². The van der Waals surface area contributed by atoms with Gasteiger partial charge in [-0.3, -0.25) is 9.59 Å². The number of carbonyl (C=O) groups is 2. The molecule has 2 rings (SSSR count). The Morgan fingerprint density at radius 3 is 2.32 bits per heavy atom. The highest BCUT2D eigenvalue weighted by molar-refractivity contribution is 5.79. The molecule has 5 heteroatoms. The fourth-order valence-electron chi connectivity index (χ4n) is 4.33. The van der Waals surface area contributed by atoms with E-state index in [1.165, 1.54) is 19.3 Å². The standard InChI is InChI=1S/C20H37N3O2/c1-4-18(5-2)20(25)22-13-9-10-19(16-22)23(17(3)24)15-14-21-11-7-6-8-12-21/h18-19H,4-16H2,1-3H3. The lowest BCUT2D eigenvalue weighted by Gasteiger charge is -2.41. The van der Waals surface area contributed by atoms with Gasteiger partial charge in [0, 0.05) is 45.1 Å². The Bertz CT molecular complexity index is 431. The van der Waals surface area contributed by atoms with E-state index >= 15 is 0 Å². The minimum absolute atomic E-state index is 0.137. The van der Waals surface area contributed by atoms with Crippen LogP contribution in [0.3, 0.4) is 0 Å². The van der Waals surface area contributed by atoms with Crippen LogP contribution >= 0.6 is 0 Å². The third kappa shape index (κ3) is 5.70.